The fourth-order valence-electron chi connectivity index (χ4n) is 3.34. The minimum Gasteiger partial charge on any atom is -0.497 e. The second-order valence-electron chi connectivity index (χ2n) is 7.52. The quantitative estimate of drug-likeness (QED) is 0.911. The van der Waals surface area contributed by atoms with Crippen molar-refractivity contribution >= 4 is 16.8 Å². The Morgan fingerprint density at radius 3 is 2.88 bits per heavy atom. The summed E-state index contributed by atoms with van der Waals surface area (Å²) in [4.78, 5) is 29.8. The Labute approximate surface area is 153 Å². The van der Waals surface area contributed by atoms with Crippen LogP contribution in [0.5, 0.6) is 5.75 Å². The van der Waals surface area contributed by atoms with Crippen LogP contribution in [0.25, 0.3) is 10.9 Å². The van der Waals surface area contributed by atoms with E-state index in [0.29, 0.717) is 37.3 Å². The van der Waals surface area contributed by atoms with E-state index in [1.165, 1.54) is 0 Å². The van der Waals surface area contributed by atoms with E-state index in [-0.39, 0.29) is 23.1 Å². The lowest BCUT2D eigenvalue weighted by Gasteiger charge is -2.44. The molecule has 6 nitrogen and oxygen atoms in total. The summed E-state index contributed by atoms with van der Waals surface area (Å²) in [7, 11) is 1.59. The Kier molecular flexibility index (Phi) is 5.05. The van der Waals surface area contributed by atoms with Gasteiger partial charge in [0.1, 0.15) is 5.75 Å². The third-order valence-corrected chi connectivity index (χ3v) is 4.93. The van der Waals surface area contributed by atoms with E-state index in [4.69, 9.17) is 9.47 Å². The Morgan fingerprint density at radius 2 is 2.15 bits per heavy atom. The molecule has 3 rings (SSSR count). The van der Waals surface area contributed by atoms with Crippen molar-refractivity contribution in [2.75, 3.05) is 20.3 Å². The maximum absolute atomic E-state index is 12.7. The van der Waals surface area contributed by atoms with Crippen molar-refractivity contribution in [2.45, 2.75) is 45.3 Å². The normalized spacial score (nSPS) is 19.5. The van der Waals surface area contributed by atoms with Crippen LogP contribution in [0.15, 0.2) is 29.1 Å². The Hall–Kier alpha value is -2.34. The largest absolute Gasteiger partial charge is 0.497 e. The number of benzene rings is 1. The number of ether oxygens (including phenoxy) is 2. The van der Waals surface area contributed by atoms with Gasteiger partial charge in [0.2, 0.25) is 5.91 Å². The number of nitrogens with zero attached hydrogens (tertiary/aromatic N) is 1. The van der Waals surface area contributed by atoms with Crippen molar-refractivity contribution in [1.82, 2.24) is 9.88 Å². The lowest BCUT2D eigenvalue weighted by Crippen LogP contribution is -2.57. The molecule has 0 bridgehead atoms. The van der Waals surface area contributed by atoms with Gasteiger partial charge in [-0.3, -0.25) is 9.59 Å². The number of aromatic amines is 1. The number of carbonyl (C=O) groups is 1. The predicted molar refractivity (Wildman–Crippen MR) is 101 cm³/mol. The zero-order chi connectivity index (χ0) is 18.9. The maximum atomic E-state index is 12.7. The molecule has 1 unspecified atom stereocenters. The van der Waals surface area contributed by atoms with E-state index in [1.54, 1.807) is 13.2 Å². The first-order valence-corrected chi connectivity index (χ1v) is 8.92. The molecule has 1 aromatic carbocycles. The number of fused-ring (bicyclic) bond motifs is 1. The van der Waals surface area contributed by atoms with E-state index < -0.39 is 0 Å². The molecular weight excluding hydrogens is 332 g/mol. The highest BCUT2D eigenvalue weighted by molar-refractivity contribution is 5.81. The minimum atomic E-state index is -0.323. The standard InChI is InChI=1S/C20H26N2O4/c1-13-11-22(20(2,3)12-26-13)18(23)8-6-15-9-14-5-7-16(25-4)10-17(14)21-19(15)24/h5,7,9-10,13H,6,8,11-12H2,1-4H3,(H,21,24). The van der Waals surface area contributed by atoms with Gasteiger partial charge in [-0.2, -0.15) is 0 Å². The van der Waals surface area contributed by atoms with Gasteiger partial charge < -0.3 is 19.4 Å². The number of rotatable bonds is 4. The molecule has 1 fully saturated rings. The summed E-state index contributed by atoms with van der Waals surface area (Å²) in [6.07, 6.45) is 0.754. The second kappa shape index (κ2) is 7.11. The first-order chi connectivity index (χ1) is 12.3. The van der Waals surface area contributed by atoms with Crippen LogP contribution in [0.4, 0.5) is 0 Å². The van der Waals surface area contributed by atoms with Crippen LogP contribution < -0.4 is 10.3 Å². The van der Waals surface area contributed by atoms with Crippen molar-refractivity contribution in [1.29, 1.82) is 0 Å². The molecule has 1 aliphatic rings. The number of morpholine rings is 1. The lowest BCUT2D eigenvalue weighted by atomic mass is 9.99. The second-order valence-corrected chi connectivity index (χ2v) is 7.52. The van der Waals surface area contributed by atoms with Crippen LogP contribution in [-0.2, 0) is 16.0 Å². The van der Waals surface area contributed by atoms with Crippen molar-refractivity contribution in [3.8, 4) is 5.75 Å². The molecule has 1 amide bonds. The SMILES string of the molecule is COc1ccc2cc(CCC(=O)N3CC(C)OCC3(C)C)c(=O)[nH]c2c1. The van der Waals surface area contributed by atoms with E-state index in [0.717, 1.165) is 10.9 Å². The first-order valence-electron chi connectivity index (χ1n) is 8.92. The third kappa shape index (κ3) is 3.75. The molecule has 0 radical (unpaired) electrons. The molecule has 2 aromatic rings. The third-order valence-electron chi connectivity index (χ3n) is 4.93. The number of methoxy groups -OCH3 is 1. The highest BCUT2D eigenvalue weighted by Gasteiger charge is 2.36. The highest BCUT2D eigenvalue weighted by atomic mass is 16.5. The van der Waals surface area contributed by atoms with Gasteiger partial charge in [-0.15, -0.1) is 0 Å². The molecule has 1 aliphatic heterocycles. The van der Waals surface area contributed by atoms with E-state index in [1.807, 2.05) is 43.9 Å². The highest BCUT2D eigenvalue weighted by Crippen LogP contribution is 2.23. The zero-order valence-corrected chi connectivity index (χ0v) is 15.8. The van der Waals surface area contributed by atoms with E-state index in [9.17, 15) is 9.59 Å². The van der Waals surface area contributed by atoms with Crippen LogP contribution in [0.1, 0.15) is 32.8 Å². The number of amides is 1. The molecule has 2 heterocycles. The molecule has 0 saturated carbocycles. The fourth-order valence-corrected chi connectivity index (χ4v) is 3.34. The smallest absolute Gasteiger partial charge is 0.251 e. The zero-order valence-electron chi connectivity index (χ0n) is 15.8. The molecule has 1 atom stereocenters. The number of H-pyrrole nitrogens is 1. The van der Waals surface area contributed by atoms with Gasteiger partial charge in [-0.25, -0.2) is 0 Å². The number of aryl methyl sites for hydroxylation is 1. The number of hydrogen-bond donors (Lipinski definition) is 1. The number of hydrogen-bond acceptors (Lipinski definition) is 4. The molecule has 1 aromatic heterocycles. The molecule has 1 N–H and O–H groups in total. The van der Waals surface area contributed by atoms with Crippen molar-refractivity contribution in [2.24, 2.45) is 0 Å². The average molecular weight is 358 g/mol. The number of carbonyl (C=O) groups excluding carboxylic acids is 1. The van der Waals surface area contributed by atoms with Crippen molar-refractivity contribution in [3.05, 3.63) is 40.2 Å². The van der Waals surface area contributed by atoms with E-state index in [2.05, 4.69) is 4.98 Å². The van der Waals surface area contributed by atoms with Gasteiger partial charge in [0.15, 0.2) is 0 Å². The van der Waals surface area contributed by atoms with Gasteiger partial charge in [0, 0.05) is 24.6 Å². The summed E-state index contributed by atoms with van der Waals surface area (Å²) in [6, 6.07) is 7.41. The number of nitrogens with one attached hydrogen (secondary N) is 1. The Bertz CT molecular complexity index is 872. The summed E-state index contributed by atoms with van der Waals surface area (Å²) >= 11 is 0. The van der Waals surface area contributed by atoms with Crippen LogP contribution in [0, 0.1) is 0 Å². The molecule has 6 heteroatoms. The van der Waals surface area contributed by atoms with Gasteiger partial charge in [0.05, 0.1) is 30.9 Å². The average Bonchev–Trinajstić information content (AvgIpc) is 2.61. The Morgan fingerprint density at radius 1 is 1.38 bits per heavy atom. The van der Waals surface area contributed by atoms with Crippen molar-refractivity contribution in [3.63, 3.8) is 0 Å². The minimum absolute atomic E-state index is 0.0334. The summed E-state index contributed by atoms with van der Waals surface area (Å²) in [6.45, 7) is 7.09. The molecule has 0 spiro atoms. The summed E-state index contributed by atoms with van der Waals surface area (Å²) in [5, 5.41) is 0.924. The lowest BCUT2D eigenvalue weighted by molar-refractivity contribution is -0.152. The fraction of sp³-hybridized carbons (Fsp3) is 0.500. The molecule has 26 heavy (non-hydrogen) atoms. The monoisotopic (exact) mass is 358 g/mol. The summed E-state index contributed by atoms with van der Waals surface area (Å²) < 4.78 is 10.8. The van der Waals surface area contributed by atoms with Gasteiger partial charge in [0.25, 0.3) is 5.56 Å². The summed E-state index contributed by atoms with van der Waals surface area (Å²) in [5.41, 5.74) is 0.867. The van der Waals surface area contributed by atoms with Crippen molar-refractivity contribution < 1.29 is 14.3 Å². The first kappa shape index (κ1) is 18.5. The maximum Gasteiger partial charge on any atom is 0.251 e. The Balaban J connectivity index is 1.75. The summed E-state index contributed by atoms with van der Waals surface area (Å²) in [5.74, 6) is 0.749. The molecule has 1 saturated heterocycles. The van der Waals surface area contributed by atoms with Crippen LogP contribution in [0.2, 0.25) is 0 Å². The van der Waals surface area contributed by atoms with Crippen LogP contribution >= 0.6 is 0 Å². The van der Waals surface area contributed by atoms with Crippen LogP contribution in [-0.4, -0.2) is 47.7 Å². The van der Waals surface area contributed by atoms with E-state index >= 15 is 0 Å². The van der Waals surface area contributed by atoms with Gasteiger partial charge in [-0.05, 0) is 50.8 Å². The molecular formula is C20H26N2O4. The number of pyridine rings is 1. The molecule has 0 aliphatic carbocycles. The topological polar surface area (TPSA) is 71.6 Å². The predicted octanol–water partition coefficient (Wildman–Crippen LogP) is 2.50. The van der Waals surface area contributed by atoms with Gasteiger partial charge in [-0.1, -0.05) is 0 Å². The number of aromatic nitrogens is 1. The molecule has 140 valence electrons. The van der Waals surface area contributed by atoms with Crippen LogP contribution in [0.3, 0.4) is 0 Å². The van der Waals surface area contributed by atoms with Gasteiger partial charge >= 0.3 is 0 Å².